The molecule has 104 valence electrons. The molecular formula is C16H30N2. The van der Waals surface area contributed by atoms with E-state index in [1.807, 2.05) is 0 Å². The highest BCUT2D eigenvalue weighted by atomic mass is 15.2. The third kappa shape index (κ3) is 3.83. The molecule has 2 heteroatoms. The summed E-state index contributed by atoms with van der Waals surface area (Å²) in [6.07, 6.45) is 11.6. The van der Waals surface area contributed by atoms with Crippen LogP contribution in [0.1, 0.15) is 46.0 Å². The van der Waals surface area contributed by atoms with Crippen molar-refractivity contribution in [3.8, 4) is 0 Å². The Bertz CT molecular complexity index is 258. The molecular weight excluding hydrogens is 220 g/mol. The first-order chi connectivity index (χ1) is 8.83. The van der Waals surface area contributed by atoms with Crippen LogP contribution in [0.25, 0.3) is 0 Å². The zero-order valence-electron chi connectivity index (χ0n) is 12.3. The second-order valence-corrected chi connectivity index (χ2v) is 5.93. The van der Waals surface area contributed by atoms with Crippen LogP contribution in [0.15, 0.2) is 12.2 Å². The Labute approximate surface area is 113 Å². The lowest BCUT2D eigenvalue weighted by atomic mass is 9.94. The van der Waals surface area contributed by atoms with Crippen LogP contribution in [0.5, 0.6) is 0 Å². The Morgan fingerprint density at radius 1 is 1.17 bits per heavy atom. The second-order valence-electron chi connectivity index (χ2n) is 5.93. The summed E-state index contributed by atoms with van der Waals surface area (Å²) < 4.78 is 0. The van der Waals surface area contributed by atoms with Gasteiger partial charge in [-0.2, -0.15) is 0 Å². The molecule has 2 unspecified atom stereocenters. The van der Waals surface area contributed by atoms with Crippen molar-refractivity contribution in [1.29, 1.82) is 0 Å². The summed E-state index contributed by atoms with van der Waals surface area (Å²) in [5.74, 6) is 0.923. The molecule has 1 fully saturated rings. The van der Waals surface area contributed by atoms with Crippen molar-refractivity contribution in [2.75, 3.05) is 32.7 Å². The van der Waals surface area contributed by atoms with Crippen molar-refractivity contribution in [2.45, 2.75) is 52.0 Å². The molecule has 0 N–H and O–H groups in total. The lowest BCUT2D eigenvalue weighted by Crippen LogP contribution is -2.42. The van der Waals surface area contributed by atoms with E-state index in [9.17, 15) is 0 Å². The molecule has 2 rings (SSSR count). The Hall–Kier alpha value is -0.340. The SMILES string of the molecule is CCN(CC)CC1CCCN1CC1CC=CCC1. The molecule has 0 saturated carbocycles. The Morgan fingerprint density at radius 2 is 2.00 bits per heavy atom. The summed E-state index contributed by atoms with van der Waals surface area (Å²) in [4.78, 5) is 5.37. The molecule has 18 heavy (non-hydrogen) atoms. The molecule has 0 aromatic carbocycles. The Kier molecular flexibility index (Phi) is 5.71. The molecule has 0 amide bonds. The van der Waals surface area contributed by atoms with Crippen molar-refractivity contribution in [2.24, 2.45) is 5.92 Å². The van der Waals surface area contributed by atoms with Crippen LogP contribution in [-0.4, -0.2) is 48.6 Å². The molecule has 0 aromatic rings. The Balaban J connectivity index is 1.81. The van der Waals surface area contributed by atoms with Gasteiger partial charge in [-0.3, -0.25) is 4.90 Å². The quantitative estimate of drug-likeness (QED) is 0.668. The van der Waals surface area contributed by atoms with Gasteiger partial charge >= 0.3 is 0 Å². The highest BCUT2D eigenvalue weighted by Crippen LogP contribution is 2.24. The van der Waals surface area contributed by atoms with E-state index in [0.29, 0.717) is 0 Å². The van der Waals surface area contributed by atoms with Gasteiger partial charge in [0.25, 0.3) is 0 Å². The summed E-state index contributed by atoms with van der Waals surface area (Å²) in [6, 6.07) is 0.829. The maximum absolute atomic E-state index is 2.78. The number of nitrogens with zero attached hydrogens (tertiary/aromatic N) is 2. The summed E-state index contributed by atoms with van der Waals surface area (Å²) in [7, 11) is 0. The lowest BCUT2D eigenvalue weighted by molar-refractivity contribution is 0.158. The van der Waals surface area contributed by atoms with E-state index in [0.717, 1.165) is 12.0 Å². The smallest absolute Gasteiger partial charge is 0.0223 e. The number of likely N-dealkylation sites (N-methyl/N-ethyl adjacent to an activating group) is 1. The van der Waals surface area contributed by atoms with E-state index in [4.69, 9.17) is 0 Å². The van der Waals surface area contributed by atoms with Gasteiger partial charge in [0, 0.05) is 19.1 Å². The average Bonchev–Trinajstić information content (AvgIpc) is 2.84. The number of hydrogen-bond donors (Lipinski definition) is 0. The number of likely N-dealkylation sites (tertiary alicyclic amines) is 1. The standard InChI is InChI=1S/C16H30N2/c1-3-17(4-2)14-16-11-8-12-18(16)13-15-9-6-5-7-10-15/h5-6,15-16H,3-4,7-14H2,1-2H3. The van der Waals surface area contributed by atoms with Crippen molar-refractivity contribution >= 4 is 0 Å². The minimum Gasteiger partial charge on any atom is -0.302 e. The van der Waals surface area contributed by atoms with Gasteiger partial charge in [0.2, 0.25) is 0 Å². The molecule has 2 aliphatic rings. The van der Waals surface area contributed by atoms with E-state index in [1.165, 1.54) is 64.8 Å². The topological polar surface area (TPSA) is 6.48 Å². The fourth-order valence-electron chi connectivity index (χ4n) is 3.48. The van der Waals surface area contributed by atoms with Gasteiger partial charge in [-0.15, -0.1) is 0 Å². The first-order valence-electron chi connectivity index (χ1n) is 7.94. The van der Waals surface area contributed by atoms with E-state index in [1.54, 1.807) is 0 Å². The molecule has 1 aliphatic heterocycles. The van der Waals surface area contributed by atoms with Gasteiger partial charge in [-0.1, -0.05) is 26.0 Å². The summed E-state index contributed by atoms with van der Waals surface area (Å²) >= 11 is 0. The first kappa shape index (κ1) is 14.1. The van der Waals surface area contributed by atoms with Crippen LogP contribution in [0.2, 0.25) is 0 Å². The predicted octanol–water partition coefficient (Wildman–Crippen LogP) is 3.15. The zero-order valence-corrected chi connectivity index (χ0v) is 12.3. The number of allylic oxidation sites excluding steroid dienone is 2. The van der Waals surface area contributed by atoms with Crippen molar-refractivity contribution in [1.82, 2.24) is 9.80 Å². The van der Waals surface area contributed by atoms with Crippen molar-refractivity contribution in [3.63, 3.8) is 0 Å². The van der Waals surface area contributed by atoms with Crippen LogP contribution in [0, 0.1) is 5.92 Å². The van der Waals surface area contributed by atoms with Crippen LogP contribution in [0.3, 0.4) is 0 Å². The number of hydrogen-bond acceptors (Lipinski definition) is 2. The van der Waals surface area contributed by atoms with E-state index >= 15 is 0 Å². The maximum Gasteiger partial charge on any atom is 0.0223 e. The summed E-state index contributed by atoms with van der Waals surface area (Å²) in [5, 5.41) is 0. The third-order valence-corrected chi connectivity index (χ3v) is 4.73. The maximum atomic E-state index is 2.78. The largest absolute Gasteiger partial charge is 0.302 e. The minimum absolute atomic E-state index is 0.829. The molecule has 2 nitrogen and oxygen atoms in total. The molecule has 0 aromatic heterocycles. The van der Waals surface area contributed by atoms with Gasteiger partial charge in [0.1, 0.15) is 0 Å². The predicted molar refractivity (Wildman–Crippen MR) is 78.9 cm³/mol. The fraction of sp³-hybridized carbons (Fsp3) is 0.875. The van der Waals surface area contributed by atoms with E-state index in [2.05, 4.69) is 35.8 Å². The lowest BCUT2D eigenvalue weighted by Gasteiger charge is -2.32. The second kappa shape index (κ2) is 7.30. The average molecular weight is 250 g/mol. The first-order valence-corrected chi connectivity index (χ1v) is 7.94. The third-order valence-electron chi connectivity index (χ3n) is 4.73. The highest BCUT2D eigenvalue weighted by molar-refractivity contribution is 4.92. The zero-order chi connectivity index (χ0) is 12.8. The van der Waals surface area contributed by atoms with Crippen LogP contribution in [0.4, 0.5) is 0 Å². The normalized spacial score (nSPS) is 29.3. The molecule has 0 spiro atoms. The van der Waals surface area contributed by atoms with Crippen molar-refractivity contribution < 1.29 is 0 Å². The molecule has 0 radical (unpaired) electrons. The van der Waals surface area contributed by atoms with E-state index < -0.39 is 0 Å². The minimum atomic E-state index is 0.829. The van der Waals surface area contributed by atoms with Gasteiger partial charge in [-0.25, -0.2) is 0 Å². The molecule has 2 atom stereocenters. The monoisotopic (exact) mass is 250 g/mol. The summed E-state index contributed by atoms with van der Waals surface area (Å²) in [6.45, 7) is 10.9. The highest BCUT2D eigenvalue weighted by Gasteiger charge is 2.27. The van der Waals surface area contributed by atoms with Crippen LogP contribution < -0.4 is 0 Å². The van der Waals surface area contributed by atoms with Crippen LogP contribution >= 0.6 is 0 Å². The molecule has 1 aliphatic carbocycles. The van der Waals surface area contributed by atoms with Gasteiger partial charge in [-0.05, 0) is 57.7 Å². The summed E-state index contributed by atoms with van der Waals surface area (Å²) in [5.41, 5.74) is 0. The Morgan fingerprint density at radius 3 is 2.67 bits per heavy atom. The van der Waals surface area contributed by atoms with Gasteiger partial charge in [0.15, 0.2) is 0 Å². The molecule has 1 heterocycles. The van der Waals surface area contributed by atoms with E-state index in [-0.39, 0.29) is 0 Å². The molecule has 1 saturated heterocycles. The van der Waals surface area contributed by atoms with Crippen LogP contribution in [-0.2, 0) is 0 Å². The van der Waals surface area contributed by atoms with Gasteiger partial charge < -0.3 is 4.90 Å². The van der Waals surface area contributed by atoms with Crippen molar-refractivity contribution in [3.05, 3.63) is 12.2 Å². The van der Waals surface area contributed by atoms with Gasteiger partial charge in [0.05, 0.1) is 0 Å². The number of rotatable bonds is 6. The fourth-order valence-corrected chi connectivity index (χ4v) is 3.48. The molecule has 0 bridgehead atoms.